The molecule has 0 radical (unpaired) electrons. The van der Waals surface area contributed by atoms with Crippen LogP contribution in [-0.4, -0.2) is 30.9 Å². The number of carbonyl (C=O) groups is 2. The Morgan fingerprint density at radius 1 is 1.32 bits per heavy atom. The summed E-state index contributed by atoms with van der Waals surface area (Å²) in [6.45, 7) is 2.54. The SMILES string of the molecule is C[C@@H](CN)NC(=O)CCNC(=O)c1ccc(Br)cc1. The number of hydrogen-bond donors (Lipinski definition) is 3. The number of rotatable bonds is 6. The highest BCUT2D eigenvalue weighted by Gasteiger charge is 2.08. The molecule has 0 fully saturated rings. The van der Waals surface area contributed by atoms with E-state index in [9.17, 15) is 9.59 Å². The molecule has 0 saturated carbocycles. The number of nitrogens with two attached hydrogens (primary N) is 1. The van der Waals surface area contributed by atoms with E-state index in [-0.39, 0.29) is 24.3 Å². The molecule has 4 N–H and O–H groups in total. The van der Waals surface area contributed by atoms with Gasteiger partial charge in [-0.2, -0.15) is 0 Å². The molecule has 1 aromatic carbocycles. The predicted octanol–water partition coefficient (Wildman–Crippen LogP) is 1.03. The van der Waals surface area contributed by atoms with E-state index >= 15 is 0 Å². The first-order valence-corrected chi connectivity index (χ1v) is 6.85. The van der Waals surface area contributed by atoms with Gasteiger partial charge in [0.15, 0.2) is 0 Å². The number of amides is 2. The molecule has 1 atom stereocenters. The van der Waals surface area contributed by atoms with Gasteiger partial charge in [0.2, 0.25) is 5.91 Å². The van der Waals surface area contributed by atoms with Gasteiger partial charge in [0.1, 0.15) is 0 Å². The van der Waals surface area contributed by atoms with Gasteiger partial charge in [0, 0.05) is 35.6 Å². The van der Waals surface area contributed by atoms with Crippen molar-refractivity contribution in [2.24, 2.45) is 5.73 Å². The van der Waals surface area contributed by atoms with Gasteiger partial charge in [-0.15, -0.1) is 0 Å². The van der Waals surface area contributed by atoms with Crippen molar-refractivity contribution >= 4 is 27.7 Å². The molecule has 2 amide bonds. The molecule has 104 valence electrons. The van der Waals surface area contributed by atoms with Crippen LogP contribution in [0.2, 0.25) is 0 Å². The normalized spacial score (nSPS) is 11.7. The molecule has 0 aliphatic heterocycles. The molecule has 6 heteroatoms. The second-order valence-corrected chi connectivity index (χ2v) is 5.13. The van der Waals surface area contributed by atoms with E-state index in [1.54, 1.807) is 24.3 Å². The highest BCUT2D eigenvalue weighted by Crippen LogP contribution is 2.10. The summed E-state index contributed by atoms with van der Waals surface area (Å²) in [6.07, 6.45) is 0.243. The Bertz CT molecular complexity index is 434. The lowest BCUT2D eigenvalue weighted by Gasteiger charge is -2.11. The van der Waals surface area contributed by atoms with E-state index in [0.29, 0.717) is 18.7 Å². The van der Waals surface area contributed by atoms with Crippen molar-refractivity contribution in [1.82, 2.24) is 10.6 Å². The van der Waals surface area contributed by atoms with Crippen molar-refractivity contribution in [3.63, 3.8) is 0 Å². The van der Waals surface area contributed by atoms with Crippen LogP contribution in [0.1, 0.15) is 23.7 Å². The van der Waals surface area contributed by atoms with Crippen LogP contribution in [0.5, 0.6) is 0 Å². The second-order valence-electron chi connectivity index (χ2n) is 4.22. The van der Waals surface area contributed by atoms with E-state index in [4.69, 9.17) is 5.73 Å². The Morgan fingerprint density at radius 3 is 2.53 bits per heavy atom. The zero-order chi connectivity index (χ0) is 14.3. The van der Waals surface area contributed by atoms with Crippen LogP contribution in [0.3, 0.4) is 0 Å². The molecule has 1 aromatic rings. The first kappa shape index (κ1) is 15.7. The summed E-state index contributed by atoms with van der Waals surface area (Å²) < 4.78 is 0.916. The van der Waals surface area contributed by atoms with Crippen LogP contribution >= 0.6 is 15.9 Å². The molecule has 0 bridgehead atoms. The summed E-state index contributed by atoms with van der Waals surface area (Å²) in [6, 6.07) is 6.98. The molecular formula is C13H18BrN3O2. The molecule has 1 rings (SSSR count). The maximum Gasteiger partial charge on any atom is 0.251 e. The fraction of sp³-hybridized carbons (Fsp3) is 0.385. The van der Waals surface area contributed by atoms with E-state index in [1.165, 1.54) is 0 Å². The smallest absolute Gasteiger partial charge is 0.251 e. The Hall–Kier alpha value is -1.40. The summed E-state index contributed by atoms with van der Waals surface area (Å²) >= 11 is 3.30. The zero-order valence-electron chi connectivity index (χ0n) is 10.8. The summed E-state index contributed by atoms with van der Waals surface area (Å²) in [7, 11) is 0. The Balaban J connectivity index is 2.31. The third-order valence-electron chi connectivity index (χ3n) is 2.50. The molecule has 19 heavy (non-hydrogen) atoms. The van der Waals surface area contributed by atoms with Gasteiger partial charge in [0.05, 0.1) is 0 Å². The van der Waals surface area contributed by atoms with Gasteiger partial charge < -0.3 is 16.4 Å². The quantitative estimate of drug-likeness (QED) is 0.729. The lowest BCUT2D eigenvalue weighted by molar-refractivity contribution is -0.121. The second kappa shape index (κ2) is 7.91. The van der Waals surface area contributed by atoms with E-state index < -0.39 is 0 Å². The summed E-state index contributed by atoms with van der Waals surface area (Å²) in [5.41, 5.74) is 5.97. The Morgan fingerprint density at radius 2 is 1.95 bits per heavy atom. The van der Waals surface area contributed by atoms with Crippen molar-refractivity contribution in [1.29, 1.82) is 0 Å². The monoisotopic (exact) mass is 327 g/mol. The number of halogens is 1. The van der Waals surface area contributed by atoms with Crippen molar-refractivity contribution in [3.8, 4) is 0 Å². The van der Waals surface area contributed by atoms with Crippen LogP contribution in [0.4, 0.5) is 0 Å². The summed E-state index contributed by atoms with van der Waals surface area (Å²) in [5.74, 6) is -0.304. The van der Waals surface area contributed by atoms with Gasteiger partial charge in [-0.3, -0.25) is 9.59 Å². The van der Waals surface area contributed by atoms with Crippen molar-refractivity contribution in [2.45, 2.75) is 19.4 Å². The Kier molecular flexibility index (Phi) is 6.52. The van der Waals surface area contributed by atoms with Crippen LogP contribution in [0, 0.1) is 0 Å². The highest BCUT2D eigenvalue weighted by molar-refractivity contribution is 9.10. The molecule has 0 unspecified atom stereocenters. The topological polar surface area (TPSA) is 84.2 Å². The van der Waals surface area contributed by atoms with Crippen molar-refractivity contribution in [2.75, 3.05) is 13.1 Å². The van der Waals surface area contributed by atoms with Gasteiger partial charge in [-0.1, -0.05) is 15.9 Å². The third kappa shape index (κ3) is 5.85. The predicted molar refractivity (Wildman–Crippen MR) is 77.8 cm³/mol. The van der Waals surface area contributed by atoms with E-state index in [0.717, 1.165) is 4.47 Å². The highest BCUT2D eigenvalue weighted by atomic mass is 79.9. The maximum absolute atomic E-state index is 11.7. The molecule has 0 aliphatic carbocycles. The molecule has 0 aliphatic rings. The molecule has 5 nitrogen and oxygen atoms in total. The van der Waals surface area contributed by atoms with Crippen molar-refractivity contribution in [3.05, 3.63) is 34.3 Å². The number of carbonyl (C=O) groups excluding carboxylic acids is 2. The molecule has 0 spiro atoms. The fourth-order valence-corrected chi connectivity index (χ4v) is 1.66. The first-order chi connectivity index (χ1) is 9.02. The van der Waals surface area contributed by atoms with E-state index in [1.807, 2.05) is 6.92 Å². The lowest BCUT2D eigenvalue weighted by atomic mass is 10.2. The largest absolute Gasteiger partial charge is 0.352 e. The maximum atomic E-state index is 11.7. The standard InChI is InChI=1S/C13H18BrN3O2/c1-9(8-15)17-12(18)6-7-16-13(19)10-2-4-11(14)5-3-10/h2-5,9H,6-8,15H2,1H3,(H,16,19)(H,17,18)/t9-/m0/s1. The number of benzene rings is 1. The molecule has 0 heterocycles. The summed E-state index contributed by atoms with van der Waals surface area (Å²) in [5, 5.41) is 5.42. The molecular weight excluding hydrogens is 310 g/mol. The average Bonchev–Trinajstić information content (AvgIpc) is 2.39. The van der Waals surface area contributed by atoms with Gasteiger partial charge in [-0.05, 0) is 31.2 Å². The Labute approximate surface area is 121 Å². The van der Waals surface area contributed by atoms with E-state index in [2.05, 4.69) is 26.6 Å². The van der Waals surface area contributed by atoms with Crippen LogP contribution < -0.4 is 16.4 Å². The summed E-state index contributed by atoms with van der Waals surface area (Å²) in [4.78, 5) is 23.2. The average molecular weight is 328 g/mol. The van der Waals surface area contributed by atoms with Crippen LogP contribution in [-0.2, 0) is 4.79 Å². The van der Waals surface area contributed by atoms with Crippen LogP contribution in [0.15, 0.2) is 28.7 Å². The first-order valence-electron chi connectivity index (χ1n) is 6.06. The fourth-order valence-electron chi connectivity index (χ4n) is 1.40. The van der Waals surface area contributed by atoms with Crippen molar-refractivity contribution < 1.29 is 9.59 Å². The molecule has 0 aromatic heterocycles. The minimum Gasteiger partial charge on any atom is -0.352 e. The zero-order valence-corrected chi connectivity index (χ0v) is 12.4. The minimum absolute atomic E-state index is 0.0466. The van der Waals surface area contributed by atoms with Crippen LogP contribution in [0.25, 0.3) is 0 Å². The number of nitrogens with one attached hydrogen (secondary N) is 2. The number of hydrogen-bond acceptors (Lipinski definition) is 3. The third-order valence-corrected chi connectivity index (χ3v) is 3.03. The lowest BCUT2D eigenvalue weighted by Crippen LogP contribution is -2.39. The van der Waals surface area contributed by atoms with Gasteiger partial charge in [-0.25, -0.2) is 0 Å². The van der Waals surface area contributed by atoms with Gasteiger partial charge in [0.25, 0.3) is 5.91 Å². The minimum atomic E-state index is -0.188. The van der Waals surface area contributed by atoms with Gasteiger partial charge >= 0.3 is 0 Å². The molecule has 0 saturated heterocycles.